The molecule has 3 rings (SSSR count). The van der Waals surface area contributed by atoms with Gasteiger partial charge in [-0.3, -0.25) is 9.29 Å². The Morgan fingerprint density at radius 1 is 1.08 bits per heavy atom. The third-order valence-electron chi connectivity index (χ3n) is 3.53. The van der Waals surface area contributed by atoms with Gasteiger partial charge in [-0.1, -0.05) is 23.2 Å². The van der Waals surface area contributed by atoms with Gasteiger partial charge in [-0.2, -0.15) is 0 Å². The molecule has 0 aliphatic rings. The van der Waals surface area contributed by atoms with Gasteiger partial charge < -0.3 is 4.42 Å². The lowest BCUT2D eigenvalue weighted by Crippen LogP contribution is -2.14. The van der Waals surface area contributed by atoms with E-state index in [1.807, 2.05) is 0 Å². The first-order valence-corrected chi connectivity index (χ1v) is 9.00. The van der Waals surface area contributed by atoms with Crippen molar-refractivity contribution < 1.29 is 12.8 Å². The lowest BCUT2D eigenvalue weighted by Gasteiger charge is -2.11. The molecule has 0 unspecified atom stereocenters. The van der Waals surface area contributed by atoms with E-state index in [-0.39, 0.29) is 14.9 Å². The van der Waals surface area contributed by atoms with Crippen LogP contribution in [0.15, 0.2) is 44.4 Å². The largest absolute Gasteiger partial charge is 0.419 e. The Labute approximate surface area is 147 Å². The number of anilines is 1. The van der Waals surface area contributed by atoms with E-state index in [1.165, 1.54) is 22.8 Å². The predicted octanol–water partition coefficient (Wildman–Crippen LogP) is 3.55. The van der Waals surface area contributed by atoms with E-state index in [0.29, 0.717) is 22.4 Å². The number of aryl methyl sites for hydroxylation is 2. The number of hydrogen-bond donors (Lipinski definition) is 1. The maximum absolute atomic E-state index is 12.6. The Kier molecular flexibility index (Phi) is 4.11. The van der Waals surface area contributed by atoms with Crippen LogP contribution in [0.2, 0.25) is 10.0 Å². The number of aromatic nitrogens is 1. The summed E-state index contributed by atoms with van der Waals surface area (Å²) >= 11 is 11.7. The molecule has 0 bridgehead atoms. The number of oxazole rings is 1. The molecule has 126 valence electrons. The molecule has 0 fully saturated rings. The Morgan fingerprint density at radius 2 is 1.71 bits per heavy atom. The number of halogens is 2. The monoisotopic (exact) mass is 386 g/mol. The molecule has 1 aromatic heterocycles. The summed E-state index contributed by atoms with van der Waals surface area (Å²) in [5.41, 5.74) is 1.80. The molecule has 6 nitrogen and oxygen atoms in total. The van der Waals surface area contributed by atoms with Gasteiger partial charge in [0.15, 0.2) is 5.58 Å². The van der Waals surface area contributed by atoms with Gasteiger partial charge in [-0.25, -0.2) is 13.2 Å². The smallest absolute Gasteiger partial charge is 0.408 e. The van der Waals surface area contributed by atoms with Crippen molar-refractivity contribution >= 4 is 50.0 Å². The van der Waals surface area contributed by atoms with Gasteiger partial charge in [-0.05, 0) is 42.8 Å². The zero-order valence-electron chi connectivity index (χ0n) is 12.6. The zero-order chi connectivity index (χ0) is 17.6. The highest BCUT2D eigenvalue weighted by Crippen LogP contribution is 2.27. The van der Waals surface area contributed by atoms with Crippen LogP contribution in [0.4, 0.5) is 5.69 Å². The van der Waals surface area contributed by atoms with Crippen LogP contribution in [-0.2, 0) is 17.1 Å². The summed E-state index contributed by atoms with van der Waals surface area (Å²) in [4.78, 5) is 11.5. The van der Waals surface area contributed by atoms with Gasteiger partial charge >= 0.3 is 5.76 Å². The van der Waals surface area contributed by atoms with Gasteiger partial charge in [0.05, 0.1) is 16.1 Å². The molecule has 0 aliphatic carbocycles. The summed E-state index contributed by atoms with van der Waals surface area (Å²) in [6.45, 7) is 1.70. The molecule has 0 radical (unpaired) electrons. The molecule has 0 amide bonds. The van der Waals surface area contributed by atoms with E-state index in [9.17, 15) is 13.2 Å². The second-order valence-corrected chi connectivity index (χ2v) is 7.83. The first-order chi connectivity index (χ1) is 11.2. The Morgan fingerprint density at radius 3 is 2.33 bits per heavy atom. The number of nitrogens with one attached hydrogen (secondary N) is 1. The van der Waals surface area contributed by atoms with Gasteiger partial charge in [-0.15, -0.1) is 0 Å². The summed E-state index contributed by atoms with van der Waals surface area (Å²) < 4.78 is 34.0. The summed E-state index contributed by atoms with van der Waals surface area (Å²) in [6, 6.07) is 7.19. The van der Waals surface area contributed by atoms with Crippen molar-refractivity contribution in [2.75, 3.05) is 4.72 Å². The van der Waals surface area contributed by atoms with Crippen LogP contribution in [0.25, 0.3) is 11.1 Å². The third kappa shape index (κ3) is 3.02. The first kappa shape index (κ1) is 16.9. The highest BCUT2D eigenvalue weighted by Gasteiger charge is 2.18. The van der Waals surface area contributed by atoms with Gasteiger partial charge in [0.1, 0.15) is 0 Å². The van der Waals surface area contributed by atoms with Crippen molar-refractivity contribution in [3.8, 4) is 0 Å². The zero-order valence-corrected chi connectivity index (χ0v) is 15.0. The van der Waals surface area contributed by atoms with Crippen LogP contribution in [0, 0.1) is 6.92 Å². The average Bonchev–Trinajstić information content (AvgIpc) is 2.73. The number of hydrogen-bond acceptors (Lipinski definition) is 4. The maximum Gasteiger partial charge on any atom is 0.419 e. The minimum atomic E-state index is -3.89. The lowest BCUT2D eigenvalue weighted by atomic mass is 10.2. The van der Waals surface area contributed by atoms with Gasteiger partial charge in [0, 0.05) is 17.1 Å². The normalized spacial score (nSPS) is 11.8. The molecule has 9 heteroatoms. The van der Waals surface area contributed by atoms with E-state index in [2.05, 4.69) is 4.72 Å². The van der Waals surface area contributed by atoms with Crippen LogP contribution in [0.1, 0.15) is 5.56 Å². The van der Waals surface area contributed by atoms with Crippen molar-refractivity contribution in [1.29, 1.82) is 0 Å². The molecule has 3 aromatic rings. The fourth-order valence-corrected chi connectivity index (χ4v) is 4.12. The number of sulfonamides is 1. The van der Waals surface area contributed by atoms with Crippen molar-refractivity contribution in [3.05, 3.63) is 56.5 Å². The van der Waals surface area contributed by atoms with Crippen LogP contribution in [-0.4, -0.2) is 13.0 Å². The fourth-order valence-electron chi connectivity index (χ4n) is 2.27. The molecule has 0 atom stereocenters. The van der Waals surface area contributed by atoms with E-state index >= 15 is 0 Å². The van der Waals surface area contributed by atoms with Crippen LogP contribution in [0.3, 0.4) is 0 Å². The average molecular weight is 387 g/mol. The minimum Gasteiger partial charge on any atom is -0.408 e. The SMILES string of the molecule is Cc1cc2oc(=O)n(C)c2cc1NS(=O)(=O)c1cc(Cl)cc(Cl)c1. The van der Waals surface area contributed by atoms with Gasteiger partial charge in [0.25, 0.3) is 10.0 Å². The van der Waals surface area contributed by atoms with E-state index in [4.69, 9.17) is 27.6 Å². The lowest BCUT2D eigenvalue weighted by molar-refractivity contribution is 0.528. The van der Waals surface area contributed by atoms with Crippen molar-refractivity contribution in [1.82, 2.24) is 4.57 Å². The molecule has 0 aliphatic heterocycles. The summed E-state index contributed by atoms with van der Waals surface area (Å²) in [5.74, 6) is -0.522. The number of nitrogens with zero attached hydrogens (tertiary/aromatic N) is 1. The van der Waals surface area contributed by atoms with Gasteiger partial charge in [0.2, 0.25) is 0 Å². The van der Waals surface area contributed by atoms with Crippen LogP contribution >= 0.6 is 23.2 Å². The molecule has 0 saturated heterocycles. The topological polar surface area (TPSA) is 81.3 Å². The molecule has 1 N–H and O–H groups in total. The summed E-state index contributed by atoms with van der Waals surface area (Å²) in [7, 11) is -2.35. The molecular weight excluding hydrogens is 375 g/mol. The van der Waals surface area contributed by atoms with Crippen molar-refractivity contribution in [2.45, 2.75) is 11.8 Å². The van der Waals surface area contributed by atoms with E-state index in [1.54, 1.807) is 26.1 Å². The van der Waals surface area contributed by atoms with E-state index in [0.717, 1.165) is 0 Å². The van der Waals surface area contributed by atoms with Crippen molar-refractivity contribution in [3.63, 3.8) is 0 Å². The second-order valence-electron chi connectivity index (χ2n) is 5.27. The predicted molar refractivity (Wildman–Crippen MR) is 93.5 cm³/mol. The molecule has 1 heterocycles. The molecule has 2 aromatic carbocycles. The number of benzene rings is 2. The molecular formula is C15H12Cl2N2O4S. The number of fused-ring (bicyclic) bond motifs is 1. The maximum atomic E-state index is 12.6. The molecule has 24 heavy (non-hydrogen) atoms. The van der Waals surface area contributed by atoms with Crippen molar-refractivity contribution in [2.24, 2.45) is 7.05 Å². The van der Waals surface area contributed by atoms with E-state index < -0.39 is 15.8 Å². The first-order valence-electron chi connectivity index (χ1n) is 6.76. The number of rotatable bonds is 3. The third-order valence-corrected chi connectivity index (χ3v) is 5.31. The fraction of sp³-hybridized carbons (Fsp3) is 0.133. The highest BCUT2D eigenvalue weighted by atomic mass is 35.5. The standard InChI is InChI=1S/C15H12Cl2N2O4S/c1-8-3-14-13(19(2)15(20)23-14)7-12(8)18-24(21,22)11-5-9(16)4-10(17)6-11/h3-7,18H,1-2H3. The molecule has 0 spiro atoms. The highest BCUT2D eigenvalue weighted by molar-refractivity contribution is 7.92. The Bertz CT molecular complexity index is 1100. The van der Waals surface area contributed by atoms with Crippen LogP contribution < -0.4 is 10.5 Å². The Balaban J connectivity index is 2.09. The second kappa shape index (κ2) is 5.84. The molecule has 0 saturated carbocycles. The quantitative estimate of drug-likeness (QED) is 0.745. The van der Waals surface area contributed by atoms with Crippen LogP contribution in [0.5, 0.6) is 0 Å². The Hall–Kier alpha value is -1.96. The summed E-state index contributed by atoms with van der Waals surface area (Å²) in [5, 5.41) is 0.430. The summed E-state index contributed by atoms with van der Waals surface area (Å²) in [6.07, 6.45) is 0. The minimum absolute atomic E-state index is 0.0550.